The molecule has 0 spiro atoms. The van der Waals surface area contributed by atoms with Crippen LogP contribution in [0.25, 0.3) is 22.3 Å². The third-order valence-corrected chi connectivity index (χ3v) is 4.66. The van der Waals surface area contributed by atoms with Gasteiger partial charge in [0.15, 0.2) is 11.3 Å². The Bertz CT molecular complexity index is 1230. The van der Waals surface area contributed by atoms with E-state index < -0.39 is 11.8 Å². The van der Waals surface area contributed by atoms with Crippen LogP contribution < -0.4 is 10.9 Å². The van der Waals surface area contributed by atoms with E-state index in [1.54, 1.807) is 16.9 Å². The van der Waals surface area contributed by atoms with Gasteiger partial charge in [0.2, 0.25) is 0 Å². The number of carbonyl (C=O) groups excluding carboxylic acids is 2. The highest BCUT2D eigenvalue weighted by molar-refractivity contribution is 6.07. The highest BCUT2D eigenvalue weighted by atomic mass is 16.2. The number of aromatic nitrogens is 6. The summed E-state index contributed by atoms with van der Waals surface area (Å²) in [6, 6.07) is 9.57. The average Bonchev–Trinajstić information content (AvgIpc) is 3.41. The average molecular weight is 404 g/mol. The molecule has 10 nitrogen and oxygen atoms in total. The number of nitrogens with one attached hydrogen (secondary N) is 3. The Balaban J connectivity index is 1.75. The van der Waals surface area contributed by atoms with Crippen LogP contribution in [0.4, 0.5) is 0 Å². The predicted octanol–water partition coefficient (Wildman–Crippen LogP) is 2.18. The van der Waals surface area contributed by atoms with Crippen molar-refractivity contribution in [2.45, 2.75) is 26.8 Å². The minimum atomic E-state index is -0.584. The molecule has 0 aliphatic rings. The lowest BCUT2D eigenvalue weighted by Crippen LogP contribution is -2.41. The Morgan fingerprint density at radius 1 is 1.10 bits per heavy atom. The summed E-state index contributed by atoms with van der Waals surface area (Å²) in [5.41, 5.74) is 8.37. The van der Waals surface area contributed by atoms with E-state index in [4.69, 9.17) is 4.98 Å². The van der Waals surface area contributed by atoms with Crippen LogP contribution in [0, 0.1) is 6.92 Å². The summed E-state index contributed by atoms with van der Waals surface area (Å²) in [5.74, 6) is -1.07. The summed E-state index contributed by atoms with van der Waals surface area (Å²) >= 11 is 0. The molecule has 30 heavy (non-hydrogen) atoms. The van der Waals surface area contributed by atoms with Crippen molar-refractivity contribution in [1.82, 2.24) is 41.0 Å². The van der Waals surface area contributed by atoms with Crippen molar-refractivity contribution >= 4 is 22.8 Å². The maximum Gasteiger partial charge on any atom is 0.291 e. The summed E-state index contributed by atoms with van der Waals surface area (Å²) in [4.78, 5) is 29.8. The number of hydrogen-bond acceptors (Lipinski definition) is 6. The van der Waals surface area contributed by atoms with Crippen molar-refractivity contribution in [3.63, 3.8) is 0 Å². The first-order valence-corrected chi connectivity index (χ1v) is 9.36. The first-order valence-electron chi connectivity index (χ1n) is 9.36. The summed E-state index contributed by atoms with van der Waals surface area (Å²) in [6.45, 7) is 5.97. The number of hydrazine groups is 1. The van der Waals surface area contributed by atoms with E-state index in [0.29, 0.717) is 22.3 Å². The largest absolute Gasteiger partial charge is 0.291 e. The standard InChI is InChI=1S/C20H20N8O2/c1-11(2)28-18-15(9-22-28)14(8-16(23-18)13-7-5-4-6-12(13)3)19(29)25-26-20(30)17-10-21-27-24-17/h4-11H,1-3H3,(H,25,29)(H,26,30)(H,21,24,27). The third kappa shape index (κ3) is 3.50. The third-order valence-electron chi connectivity index (χ3n) is 4.66. The fourth-order valence-electron chi connectivity index (χ4n) is 3.14. The number of amides is 2. The SMILES string of the molecule is Cc1ccccc1-c1cc(C(=O)NNC(=O)c2cn[nH]n2)c2cnn(C(C)C)c2n1. The number of H-pyrrole nitrogens is 1. The minimum absolute atomic E-state index is 0.0587. The summed E-state index contributed by atoms with van der Waals surface area (Å²) < 4.78 is 1.77. The van der Waals surface area contributed by atoms with E-state index in [2.05, 4.69) is 31.4 Å². The lowest BCUT2D eigenvalue weighted by molar-refractivity contribution is 0.0845. The van der Waals surface area contributed by atoms with Crippen LogP contribution in [0.2, 0.25) is 0 Å². The van der Waals surface area contributed by atoms with Crippen molar-refractivity contribution in [3.05, 3.63) is 59.5 Å². The van der Waals surface area contributed by atoms with E-state index in [1.165, 1.54) is 6.20 Å². The number of benzene rings is 1. The Kier molecular flexibility index (Phi) is 4.97. The Labute approximate surface area is 171 Å². The Morgan fingerprint density at radius 3 is 2.57 bits per heavy atom. The molecule has 0 radical (unpaired) electrons. The lowest BCUT2D eigenvalue weighted by Gasteiger charge is -2.12. The van der Waals surface area contributed by atoms with Gasteiger partial charge < -0.3 is 0 Å². The van der Waals surface area contributed by atoms with Crippen molar-refractivity contribution in [2.75, 3.05) is 0 Å². The molecule has 1 aromatic carbocycles. The van der Waals surface area contributed by atoms with Gasteiger partial charge in [-0.15, -0.1) is 0 Å². The number of aromatic amines is 1. The number of rotatable bonds is 4. The van der Waals surface area contributed by atoms with Crippen LogP contribution in [0.15, 0.2) is 42.7 Å². The summed E-state index contributed by atoms with van der Waals surface area (Å²) in [7, 11) is 0. The second-order valence-corrected chi connectivity index (χ2v) is 7.05. The van der Waals surface area contributed by atoms with Gasteiger partial charge in [-0.25, -0.2) is 9.67 Å². The second kappa shape index (κ2) is 7.74. The molecule has 0 saturated carbocycles. The highest BCUT2D eigenvalue weighted by Crippen LogP contribution is 2.28. The number of carbonyl (C=O) groups is 2. The fraction of sp³-hybridized carbons (Fsp3) is 0.200. The van der Waals surface area contributed by atoms with Crippen LogP contribution in [0.1, 0.15) is 46.3 Å². The van der Waals surface area contributed by atoms with Crippen LogP contribution in [-0.2, 0) is 0 Å². The molecule has 0 unspecified atom stereocenters. The van der Waals surface area contributed by atoms with Gasteiger partial charge in [-0.1, -0.05) is 24.3 Å². The summed E-state index contributed by atoms with van der Waals surface area (Å²) in [5, 5.41) is 14.6. The van der Waals surface area contributed by atoms with E-state index in [1.807, 2.05) is 45.0 Å². The molecular formula is C20H20N8O2. The molecule has 4 aromatic rings. The zero-order valence-electron chi connectivity index (χ0n) is 16.7. The van der Waals surface area contributed by atoms with Crippen LogP contribution in [-0.4, -0.2) is 42.0 Å². The van der Waals surface area contributed by atoms with E-state index in [9.17, 15) is 9.59 Å². The fourth-order valence-corrected chi connectivity index (χ4v) is 3.14. The van der Waals surface area contributed by atoms with Crippen molar-refractivity contribution in [1.29, 1.82) is 0 Å². The maximum atomic E-state index is 12.9. The first-order chi connectivity index (χ1) is 14.5. The molecule has 10 heteroatoms. The number of aryl methyl sites for hydroxylation is 1. The topological polar surface area (TPSA) is 130 Å². The molecule has 3 aromatic heterocycles. The van der Waals surface area contributed by atoms with Gasteiger partial charge in [-0.05, 0) is 32.4 Å². The number of nitrogens with zero attached hydrogens (tertiary/aromatic N) is 5. The van der Waals surface area contributed by atoms with E-state index in [-0.39, 0.29) is 11.7 Å². The predicted molar refractivity (Wildman–Crippen MR) is 109 cm³/mol. The molecule has 0 bridgehead atoms. The number of fused-ring (bicyclic) bond motifs is 1. The Morgan fingerprint density at radius 2 is 1.87 bits per heavy atom. The van der Waals surface area contributed by atoms with Crippen LogP contribution in [0.5, 0.6) is 0 Å². The molecule has 0 fully saturated rings. The molecule has 0 aliphatic carbocycles. The molecule has 2 amide bonds. The monoisotopic (exact) mass is 404 g/mol. The smallest absolute Gasteiger partial charge is 0.267 e. The molecule has 4 rings (SSSR count). The first kappa shape index (κ1) is 19.2. The lowest BCUT2D eigenvalue weighted by atomic mass is 10.0. The Hall–Kier alpha value is -4.08. The minimum Gasteiger partial charge on any atom is -0.267 e. The second-order valence-electron chi connectivity index (χ2n) is 7.05. The number of pyridine rings is 1. The molecule has 0 saturated heterocycles. The van der Waals surface area contributed by atoms with E-state index >= 15 is 0 Å². The number of hydrogen-bond donors (Lipinski definition) is 3. The van der Waals surface area contributed by atoms with Crippen molar-refractivity contribution < 1.29 is 9.59 Å². The van der Waals surface area contributed by atoms with Crippen LogP contribution >= 0.6 is 0 Å². The van der Waals surface area contributed by atoms with Crippen molar-refractivity contribution in [3.8, 4) is 11.3 Å². The zero-order valence-corrected chi connectivity index (χ0v) is 16.7. The quantitative estimate of drug-likeness (QED) is 0.447. The van der Waals surface area contributed by atoms with Gasteiger partial charge in [-0.2, -0.15) is 20.5 Å². The van der Waals surface area contributed by atoms with Crippen molar-refractivity contribution in [2.24, 2.45) is 0 Å². The van der Waals surface area contributed by atoms with E-state index in [0.717, 1.165) is 11.1 Å². The molecule has 0 atom stereocenters. The maximum absolute atomic E-state index is 12.9. The molecular weight excluding hydrogens is 384 g/mol. The highest BCUT2D eigenvalue weighted by Gasteiger charge is 2.20. The molecule has 3 N–H and O–H groups in total. The summed E-state index contributed by atoms with van der Waals surface area (Å²) in [6.07, 6.45) is 2.87. The van der Waals surface area contributed by atoms with Gasteiger partial charge in [0.05, 0.1) is 29.0 Å². The van der Waals surface area contributed by atoms with Gasteiger partial charge in [0.1, 0.15) is 0 Å². The molecule has 3 heterocycles. The molecule has 0 aliphatic heterocycles. The normalized spacial score (nSPS) is 11.1. The van der Waals surface area contributed by atoms with Gasteiger partial charge in [0, 0.05) is 11.6 Å². The van der Waals surface area contributed by atoms with Gasteiger partial charge in [0.25, 0.3) is 11.8 Å². The zero-order chi connectivity index (χ0) is 21.3. The van der Waals surface area contributed by atoms with Crippen LogP contribution in [0.3, 0.4) is 0 Å². The molecule has 152 valence electrons. The van der Waals surface area contributed by atoms with Gasteiger partial charge >= 0.3 is 0 Å². The van der Waals surface area contributed by atoms with Gasteiger partial charge in [-0.3, -0.25) is 20.4 Å².